The van der Waals surface area contributed by atoms with E-state index in [1.54, 1.807) is 0 Å². The van der Waals surface area contributed by atoms with Crippen LogP contribution in [0, 0.1) is 13.8 Å². The Morgan fingerprint density at radius 2 is 1.89 bits per heavy atom. The standard InChI is InChI=1S/C15H20N2O/c1-4-5-16-9-14-15(18-10-17-14)13-7-11(2)6-12(3)8-13/h6-8,10,16H,4-5,9H2,1-3H3. The summed E-state index contributed by atoms with van der Waals surface area (Å²) in [7, 11) is 0. The molecular weight excluding hydrogens is 224 g/mol. The van der Waals surface area contributed by atoms with Crippen molar-refractivity contribution in [3.05, 3.63) is 41.4 Å². The van der Waals surface area contributed by atoms with Gasteiger partial charge in [-0.2, -0.15) is 0 Å². The number of benzene rings is 1. The number of aromatic nitrogens is 1. The van der Waals surface area contributed by atoms with E-state index in [0.29, 0.717) is 0 Å². The van der Waals surface area contributed by atoms with E-state index in [9.17, 15) is 0 Å². The highest BCUT2D eigenvalue weighted by molar-refractivity contribution is 5.61. The van der Waals surface area contributed by atoms with Crippen molar-refractivity contribution >= 4 is 0 Å². The lowest BCUT2D eigenvalue weighted by molar-refractivity contribution is 0.569. The smallest absolute Gasteiger partial charge is 0.181 e. The van der Waals surface area contributed by atoms with Crippen LogP contribution in [0.3, 0.4) is 0 Å². The summed E-state index contributed by atoms with van der Waals surface area (Å²) < 4.78 is 5.54. The molecule has 1 aromatic heterocycles. The van der Waals surface area contributed by atoms with Crippen molar-refractivity contribution in [2.45, 2.75) is 33.7 Å². The van der Waals surface area contributed by atoms with Gasteiger partial charge in [-0.1, -0.05) is 24.1 Å². The van der Waals surface area contributed by atoms with Crippen LogP contribution in [0.25, 0.3) is 11.3 Å². The third-order valence-corrected chi connectivity index (χ3v) is 2.84. The summed E-state index contributed by atoms with van der Waals surface area (Å²) in [5.74, 6) is 0.880. The second-order valence-electron chi connectivity index (χ2n) is 4.68. The van der Waals surface area contributed by atoms with Gasteiger partial charge >= 0.3 is 0 Å². The molecule has 0 aliphatic heterocycles. The van der Waals surface area contributed by atoms with Crippen LogP contribution in [-0.2, 0) is 6.54 Å². The minimum absolute atomic E-state index is 0.757. The average Bonchev–Trinajstić information content (AvgIpc) is 2.76. The van der Waals surface area contributed by atoms with Gasteiger partial charge in [0.05, 0.1) is 0 Å². The SMILES string of the molecule is CCCNCc1ncoc1-c1cc(C)cc(C)c1. The van der Waals surface area contributed by atoms with E-state index < -0.39 is 0 Å². The fourth-order valence-corrected chi connectivity index (χ4v) is 2.12. The maximum atomic E-state index is 5.54. The summed E-state index contributed by atoms with van der Waals surface area (Å²) >= 11 is 0. The molecule has 0 aliphatic rings. The molecular formula is C15H20N2O. The van der Waals surface area contributed by atoms with E-state index in [2.05, 4.69) is 49.3 Å². The summed E-state index contributed by atoms with van der Waals surface area (Å²) in [6, 6.07) is 6.43. The molecule has 0 unspecified atom stereocenters. The molecule has 3 nitrogen and oxygen atoms in total. The number of aryl methyl sites for hydroxylation is 2. The number of hydrogen-bond acceptors (Lipinski definition) is 3. The quantitative estimate of drug-likeness (QED) is 0.818. The van der Waals surface area contributed by atoms with Crippen LogP contribution in [-0.4, -0.2) is 11.5 Å². The second kappa shape index (κ2) is 5.83. The monoisotopic (exact) mass is 244 g/mol. The fraction of sp³-hybridized carbons (Fsp3) is 0.400. The number of nitrogens with one attached hydrogen (secondary N) is 1. The molecule has 3 heteroatoms. The Morgan fingerprint density at radius 3 is 2.56 bits per heavy atom. The summed E-state index contributed by atoms with van der Waals surface area (Å²) in [5.41, 5.74) is 4.58. The highest BCUT2D eigenvalue weighted by Crippen LogP contribution is 2.25. The van der Waals surface area contributed by atoms with Gasteiger partial charge in [0.2, 0.25) is 0 Å². The van der Waals surface area contributed by atoms with Gasteiger partial charge in [-0.3, -0.25) is 0 Å². The van der Waals surface area contributed by atoms with Crippen molar-refractivity contribution in [2.24, 2.45) is 0 Å². The van der Waals surface area contributed by atoms with Crippen LogP contribution in [0.5, 0.6) is 0 Å². The van der Waals surface area contributed by atoms with Gasteiger partial charge in [-0.15, -0.1) is 0 Å². The van der Waals surface area contributed by atoms with E-state index in [-0.39, 0.29) is 0 Å². The van der Waals surface area contributed by atoms with E-state index >= 15 is 0 Å². The van der Waals surface area contributed by atoms with Gasteiger partial charge in [0.1, 0.15) is 5.69 Å². The largest absolute Gasteiger partial charge is 0.443 e. The molecule has 1 heterocycles. The Labute approximate surface area is 108 Å². The maximum Gasteiger partial charge on any atom is 0.181 e. The third-order valence-electron chi connectivity index (χ3n) is 2.84. The predicted octanol–water partition coefficient (Wildman–Crippen LogP) is 3.46. The molecule has 0 bridgehead atoms. The minimum atomic E-state index is 0.757. The maximum absolute atomic E-state index is 5.54. The number of hydrogen-bond donors (Lipinski definition) is 1. The van der Waals surface area contributed by atoms with Crippen LogP contribution in [0.4, 0.5) is 0 Å². The Morgan fingerprint density at radius 1 is 1.17 bits per heavy atom. The van der Waals surface area contributed by atoms with Gasteiger partial charge in [-0.05, 0) is 38.9 Å². The van der Waals surface area contributed by atoms with Crippen molar-refractivity contribution in [2.75, 3.05) is 6.54 Å². The zero-order valence-corrected chi connectivity index (χ0v) is 11.3. The van der Waals surface area contributed by atoms with Crippen LogP contribution in [0.1, 0.15) is 30.2 Å². The first-order valence-electron chi connectivity index (χ1n) is 6.42. The third kappa shape index (κ3) is 2.99. The van der Waals surface area contributed by atoms with Crippen LogP contribution < -0.4 is 5.32 Å². The molecule has 0 spiro atoms. The number of rotatable bonds is 5. The zero-order chi connectivity index (χ0) is 13.0. The van der Waals surface area contributed by atoms with Crippen molar-refractivity contribution in [3.63, 3.8) is 0 Å². The molecule has 0 fully saturated rings. The highest BCUT2D eigenvalue weighted by atomic mass is 16.3. The lowest BCUT2D eigenvalue weighted by atomic mass is 10.0. The Kier molecular flexibility index (Phi) is 4.15. The molecule has 0 atom stereocenters. The highest BCUT2D eigenvalue weighted by Gasteiger charge is 2.10. The second-order valence-corrected chi connectivity index (χ2v) is 4.68. The molecule has 0 aliphatic carbocycles. The Balaban J connectivity index is 2.24. The molecule has 18 heavy (non-hydrogen) atoms. The van der Waals surface area contributed by atoms with E-state index in [1.165, 1.54) is 17.5 Å². The molecule has 1 N–H and O–H groups in total. The first-order chi connectivity index (χ1) is 8.70. The summed E-state index contributed by atoms with van der Waals surface area (Å²) in [5, 5.41) is 3.35. The zero-order valence-electron chi connectivity index (χ0n) is 11.3. The van der Waals surface area contributed by atoms with Gasteiger partial charge < -0.3 is 9.73 Å². The van der Waals surface area contributed by atoms with Gasteiger partial charge in [-0.25, -0.2) is 4.98 Å². The van der Waals surface area contributed by atoms with Crippen molar-refractivity contribution in [1.82, 2.24) is 10.3 Å². The molecule has 0 radical (unpaired) electrons. The van der Waals surface area contributed by atoms with Gasteiger partial charge in [0.15, 0.2) is 12.2 Å². The average molecular weight is 244 g/mol. The normalized spacial score (nSPS) is 10.8. The first-order valence-corrected chi connectivity index (χ1v) is 6.42. The van der Waals surface area contributed by atoms with E-state index in [4.69, 9.17) is 4.42 Å². The van der Waals surface area contributed by atoms with Crippen molar-refractivity contribution in [1.29, 1.82) is 0 Å². The minimum Gasteiger partial charge on any atom is -0.443 e. The predicted molar refractivity (Wildman–Crippen MR) is 73.4 cm³/mol. The lowest BCUT2D eigenvalue weighted by Crippen LogP contribution is -2.14. The molecule has 0 amide bonds. The lowest BCUT2D eigenvalue weighted by Gasteiger charge is -2.05. The van der Waals surface area contributed by atoms with Gasteiger partial charge in [0, 0.05) is 12.1 Å². The van der Waals surface area contributed by atoms with Crippen molar-refractivity contribution < 1.29 is 4.42 Å². The molecule has 0 saturated heterocycles. The van der Waals surface area contributed by atoms with Gasteiger partial charge in [0.25, 0.3) is 0 Å². The van der Waals surface area contributed by atoms with Crippen molar-refractivity contribution in [3.8, 4) is 11.3 Å². The van der Waals surface area contributed by atoms with E-state index in [0.717, 1.165) is 36.5 Å². The summed E-state index contributed by atoms with van der Waals surface area (Å²) in [6.07, 6.45) is 2.65. The molecule has 96 valence electrons. The summed E-state index contributed by atoms with van der Waals surface area (Å²) in [4.78, 5) is 4.29. The van der Waals surface area contributed by atoms with Crippen LogP contribution in [0.15, 0.2) is 29.0 Å². The first kappa shape index (κ1) is 12.8. The van der Waals surface area contributed by atoms with Crippen LogP contribution >= 0.6 is 0 Å². The molecule has 0 saturated carbocycles. The van der Waals surface area contributed by atoms with E-state index in [1.807, 2.05) is 0 Å². The van der Waals surface area contributed by atoms with Crippen LogP contribution in [0.2, 0.25) is 0 Å². The number of nitrogens with zero attached hydrogens (tertiary/aromatic N) is 1. The summed E-state index contributed by atoms with van der Waals surface area (Å²) in [6.45, 7) is 8.11. The Hall–Kier alpha value is -1.61. The number of oxazole rings is 1. The molecule has 2 aromatic rings. The molecule has 1 aromatic carbocycles. The fourth-order valence-electron chi connectivity index (χ4n) is 2.12. The Bertz CT molecular complexity index is 497. The molecule has 2 rings (SSSR count). The topological polar surface area (TPSA) is 38.1 Å².